The van der Waals surface area contributed by atoms with Gasteiger partial charge in [0, 0.05) is 50.7 Å². The SMILES string of the molecule is CN(C(=O)N(C)[C@@H]1CN(C(=O)C2CCC(N3C(=O)CNC3=O)CC2)C[C@H]1c1ccc(F)cc1)c1cc(C(F)(F)F)cc(C(F)(F)F)c1. The molecule has 2 atom stereocenters. The van der Waals surface area contributed by atoms with Crippen molar-refractivity contribution in [2.45, 2.75) is 56.0 Å². The molecule has 2 aromatic rings. The molecule has 0 radical (unpaired) electrons. The summed E-state index contributed by atoms with van der Waals surface area (Å²) in [5.74, 6) is -2.07. The first kappa shape index (κ1) is 34.0. The maximum Gasteiger partial charge on any atom is 0.416 e. The Morgan fingerprint density at radius 1 is 0.851 bits per heavy atom. The van der Waals surface area contributed by atoms with Crippen LogP contribution in [0, 0.1) is 11.7 Å². The van der Waals surface area contributed by atoms with Crippen LogP contribution in [0.3, 0.4) is 0 Å². The van der Waals surface area contributed by atoms with Crippen LogP contribution in [0.25, 0.3) is 0 Å². The van der Waals surface area contributed by atoms with Gasteiger partial charge in [-0.05, 0) is 61.6 Å². The standard InChI is InChI=1S/C31H32F7N5O4/c1-40(23-12-19(30(33,34)35)11-20(13-23)31(36,37)38)29(47)41(2)25-16-42(15-24(25)17-3-7-21(32)8-4-17)27(45)18-5-9-22(10-6-18)43-26(44)14-39-28(43)46/h3-4,7-8,11-13,18,22,24-25H,5-6,9-10,14-16H2,1-2H3,(H,39,46)/t18?,22?,24-,25+/m0/s1. The zero-order chi connectivity index (χ0) is 34.4. The average Bonchev–Trinajstić information content (AvgIpc) is 3.62. The topological polar surface area (TPSA) is 93.3 Å². The fraction of sp³-hybridized carbons (Fsp3) is 0.484. The van der Waals surface area contributed by atoms with Gasteiger partial charge >= 0.3 is 24.4 Å². The molecule has 47 heavy (non-hydrogen) atoms. The average molecular weight is 672 g/mol. The molecule has 9 nitrogen and oxygen atoms in total. The molecule has 1 N–H and O–H groups in total. The van der Waals surface area contributed by atoms with E-state index < -0.39 is 64.9 Å². The lowest BCUT2D eigenvalue weighted by molar-refractivity contribution is -0.143. The first-order chi connectivity index (χ1) is 22.0. The van der Waals surface area contributed by atoms with Crippen molar-refractivity contribution in [3.63, 3.8) is 0 Å². The second kappa shape index (κ2) is 12.7. The predicted molar refractivity (Wildman–Crippen MR) is 154 cm³/mol. The zero-order valence-corrected chi connectivity index (χ0v) is 25.4. The highest BCUT2D eigenvalue weighted by Crippen LogP contribution is 2.40. The van der Waals surface area contributed by atoms with Crippen LogP contribution in [0.15, 0.2) is 42.5 Å². The van der Waals surface area contributed by atoms with Crippen LogP contribution in [0.5, 0.6) is 0 Å². The zero-order valence-electron chi connectivity index (χ0n) is 25.4. The van der Waals surface area contributed by atoms with Gasteiger partial charge in [0.2, 0.25) is 11.8 Å². The third-order valence-corrected chi connectivity index (χ3v) is 9.23. The van der Waals surface area contributed by atoms with Crippen molar-refractivity contribution in [2.24, 2.45) is 5.92 Å². The Bertz CT molecular complexity index is 1490. The number of likely N-dealkylation sites (tertiary alicyclic amines) is 1. The molecule has 2 saturated heterocycles. The van der Waals surface area contributed by atoms with Gasteiger partial charge in [-0.15, -0.1) is 0 Å². The third-order valence-electron chi connectivity index (χ3n) is 9.23. The van der Waals surface area contributed by atoms with Gasteiger partial charge in [0.1, 0.15) is 5.82 Å². The van der Waals surface area contributed by atoms with Crippen molar-refractivity contribution < 1.29 is 49.9 Å². The summed E-state index contributed by atoms with van der Waals surface area (Å²) in [5, 5.41) is 2.48. The van der Waals surface area contributed by atoms with E-state index >= 15 is 0 Å². The van der Waals surface area contributed by atoms with E-state index in [0.29, 0.717) is 48.3 Å². The number of rotatable bonds is 5. The fourth-order valence-corrected chi connectivity index (χ4v) is 6.66. The lowest BCUT2D eigenvalue weighted by Crippen LogP contribution is -2.48. The third kappa shape index (κ3) is 7.00. The molecule has 2 aromatic carbocycles. The number of benzene rings is 2. The number of urea groups is 2. The van der Waals surface area contributed by atoms with E-state index in [2.05, 4.69) is 5.32 Å². The Balaban J connectivity index is 1.36. The molecule has 0 aromatic heterocycles. The maximum absolute atomic E-state index is 13.8. The Hall–Kier alpha value is -4.37. The number of anilines is 1. The Kier molecular flexibility index (Phi) is 9.16. The van der Waals surface area contributed by atoms with E-state index in [0.717, 1.165) is 7.05 Å². The molecular formula is C31H32F7N5O4. The molecule has 2 aliphatic heterocycles. The predicted octanol–water partition coefficient (Wildman–Crippen LogP) is 5.46. The molecule has 16 heteroatoms. The van der Waals surface area contributed by atoms with Gasteiger partial charge in [-0.25, -0.2) is 14.0 Å². The second-order valence-electron chi connectivity index (χ2n) is 12.1. The van der Waals surface area contributed by atoms with Crippen LogP contribution < -0.4 is 10.2 Å². The van der Waals surface area contributed by atoms with Crippen molar-refractivity contribution in [3.8, 4) is 0 Å². The first-order valence-corrected chi connectivity index (χ1v) is 14.9. The van der Waals surface area contributed by atoms with Crippen LogP contribution in [-0.4, -0.2) is 84.4 Å². The second-order valence-corrected chi connectivity index (χ2v) is 12.1. The van der Waals surface area contributed by atoms with E-state index in [9.17, 15) is 49.9 Å². The van der Waals surface area contributed by atoms with Crippen LogP contribution in [-0.2, 0) is 21.9 Å². The van der Waals surface area contributed by atoms with Crippen molar-refractivity contribution in [1.29, 1.82) is 0 Å². The number of hydrogen-bond acceptors (Lipinski definition) is 4. The number of alkyl halides is 6. The minimum absolute atomic E-state index is 0.000291. The summed E-state index contributed by atoms with van der Waals surface area (Å²) >= 11 is 0. The number of nitrogens with zero attached hydrogens (tertiary/aromatic N) is 4. The summed E-state index contributed by atoms with van der Waals surface area (Å²) < 4.78 is 94.8. The highest BCUT2D eigenvalue weighted by molar-refractivity contribution is 6.02. The molecule has 3 fully saturated rings. The molecule has 254 valence electrons. The van der Waals surface area contributed by atoms with Crippen molar-refractivity contribution >= 4 is 29.6 Å². The molecule has 6 amide bonds. The van der Waals surface area contributed by atoms with Gasteiger partial charge in [0.05, 0.1) is 23.7 Å². The number of carbonyl (C=O) groups excluding carboxylic acids is 4. The van der Waals surface area contributed by atoms with Gasteiger partial charge in [0.15, 0.2) is 0 Å². The molecular weight excluding hydrogens is 639 g/mol. The Morgan fingerprint density at radius 3 is 1.94 bits per heavy atom. The summed E-state index contributed by atoms with van der Waals surface area (Å²) in [5.41, 5.74) is -3.20. The number of halogens is 7. The molecule has 0 unspecified atom stereocenters. The van der Waals surface area contributed by atoms with E-state index in [4.69, 9.17) is 0 Å². The quantitative estimate of drug-likeness (QED) is 0.338. The van der Waals surface area contributed by atoms with E-state index in [-0.39, 0.29) is 43.6 Å². The number of hydrogen-bond donors (Lipinski definition) is 1. The van der Waals surface area contributed by atoms with Crippen LogP contribution in [0.1, 0.15) is 48.3 Å². The molecule has 0 bridgehead atoms. The summed E-state index contributed by atoms with van der Waals surface area (Å²) in [7, 11) is 2.40. The van der Waals surface area contributed by atoms with Gasteiger partial charge in [-0.1, -0.05) is 12.1 Å². The minimum atomic E-state index is -5.11. The summed E-state index contributed by atoms with van der Waals surface area (Å²) in [6.45, 7) is 0.0435. The lowest BCUT2D eigenvalue weighted by atomic mass is 9.84. The van der Waals surface area contributed by atoms with E-state index in [1.807, 2.05) is 0 Å². The van der Waals surface area contributed by atoms with Gasteiger partial charge in [0.25, 0.3) is 0 Å². The lowest BCUT2D eigenvalue weighted by Gasteiger charge is -2.34. The maximum atomic E-state index is 13.8. The van der Waals surface area contributed by atoms with E-state index in [1.54, 1.807) is 4.90 Å². The highest BCUT2D eigenvalue weighted by Gasteiger charge is 2.45. The molecule has 5 rings (SSSR count). The summed E-state index contributed by atoms with van der Waals surface area (Å²) in [6, 6.07) is 3.81. The number of nitrogens with one attached hydrogen (secondary N) is 1. The fourth-order valence-electron chi connectivity index (χ4n) is 6.66. The monoisotopic (exact) mass is 671 g/mol. The van der Waals surface area contributed by atoms with Crippen LogP contribution in [0.4, 0.5) is 46.0 Å². The van der Waals surface area contributed by atoms with Crippen LogP contribution >= 0.6 is 0 Å². The van der Waals surface area contributed by atoms with E-state index in [1.165, 1.54) is 41.1 Å². The van der Waals surface area contributed by atoms with Crippen molar-refractivity contribution in [2.75, 3.05) is 38.6 Å². The molecule has 1 aliphatic carbocycles. The number of imide groups is 1. The first-order valence-electron chi connectivity index (χ1n) is 14.9. The van der Waals surface area contributed by atoms with Crippen molar-refractivity contribution in [3.05, 3.63) is 65.0 Å². The van der Waals surface area contributed by atoms with Crippen molar-refractivity contribution in [1.82, 2.24) is 20.0 Å². The van der Waals surface area contributed by atoms with Gasteiger partial charge in [-0.3, -0.25) is 19.4 Å². The Labute approximate surface area is 265 Å². The number of amides is 6. The molecule has 2 heterocycles. The number of likely N-dealkylation sites (N-methyl/N-ethyl adjacent to an activating group) is 1. The highest BCUT2D eigenvalue weighted by atomic mass is 19.4. The number of carbonyl (C=O) groups is 4. The Morgan fingerprint density at radius 2 is 1.43 bits per heavy atom. The molecule has 3 aliphatic rings. The summed E-state index contributed by atoms with van der Waals surface area (Å²) in [4.78, 5) is 56.2. The molecule has 1 saturated carbocycles. The summed E-state index contributed by atoms with van der Waals surface area (Å²) in [6.07, 6.45) is -8.57. The van der Waals surface area contributed by atoms with Gasteiger partial charge in [-0.2, -0.15) is 26.3 Å². The minimum Gasteiger partial charge on any atom is -0.340 e. The normalized spacial score (nSPS) is 23.6. The largest absolute Gasteiger partial charge is 0.416 e. The molecule has 0 spiro atoms. The van der Waals surface area contributed by atoms with Gasteiger partial charge < -0.3 is 15.1 Å². The van der Waals surface area contributed by atoms with Crippen LogP contribution in [0.2, 0.25) is 0 Å². The smallest absolute Gasteiger partial charge is 0.340 e.